The van der Waals surface area contributed by atoms with Gasteiger partial charge >= 0.3 is 12.1 Å². The molecular formula is C27H33BrClFN6O4. The van der Waals surface area contributed by atoms with Crippen LogP contribution >= 0.6 is 27.5 Å². The maximum absolute atomic E-state index is 15.6. The molecule has 2 fully saturated rings. The van der Waals surface area contributed by atoms with Crippen molar-refractivity contribution >= 4 is 67.3 Å². The van der Waals surface area contributed by atoms with E-state index in [2.05, 4.69) is 25.7 Å². The molecule has 2 aliphatic rings. The molecule has 2 atom stereocenters. The molecule has 10 nitrogen and oxygen atoms in total. The van der Waals surface area contributed by atoms with Crippen LogP contribution in [0.3, 0.4) is 0 Å². The summed E-state index contributed by atoms with van der Waals surface area (Å²) in [7, 11) is 5.36. The molecular weight excluding hydrogens is 607 g/mol. The minimum Gasteiger partial charge on any atom is -0.467 e. The number of carbonyl (C=O) groups is 2. The molecule has 1 aromatic carbocycles. The number of benzene rings is 1. The summed E-state index contributed by atoms with van der Waals surface area (Å²) >= 11 is 9.66. The number of fused-ring (bicyclic) bond motifs is 3. The maximum atomic E-state index is 15.6. The van der Waals surface area contributed by atoms with Crippen LogP contribution in [0.1, 0.15) is 39.7 Å². The number of ether oxygens (including phenoxy) is 2. The van der Waals surface area contributed by atoms with E-state index >= 15 is 4.39 Å². The normalized spacial score (nSPS) is 20.4. The van der Waals surface area contributed by atoms with E-state index in [0.29, 0.717) is 34.7 Å². The Morgan fingerprint density at radius 1 is 1.23 bits per heavy atom. The summed E-state index contributed by atoms with van der Waals surface area (Å²) in [6.45, 7) is 7.08. The Bertz CT molecular complexity index is 1490. The highest BCUT2D eigenvalue weighted by atomic mass is 79.9. The average Bonchev–Trinajstić information content (AvgIpc) is 3.30. The number of aromatic nitrogens is 3. The zero-order chi connectivity index (χ0) is 29.1. The maximum Gasteiger partial charge on any atom is 0.411 e. The van der Waals surface area contributed by atoms with Gasteiger partial charge in [-0.1, -0.05) is 11.6 Å². The van der Waals surface area contributed by atoms with Crippen molar-refractivity contribution in [2.24, 2.45) is 0 Å². The van der Waals surface area contributed by atoms with Gasteiger partial charge in [0, 0.05) is 37.1 Å². The standard InChI is InChI=1S/C27H33BrClFN6O4/c1-27(2,3)40-26(38)35-8-7-14(9-18(35)25(37)39-6)36-13-31-22-23(36)16-10-17(29)19(28)20(30)21(16)32-24(22)34-11-15(12-34)33(4)5/h10,13-15,18H,7-9,11-12H2,1-6H3/t14-,18-/m0/s1. The molecule has 3 aromatic rings. The molecule has 0 spiro atoms. The highest BCUT2D eigenvalue weighted by Crippen LogP contribution is 2.41. The fourth-order valence-corrected chi connectivity index (χ4v) is 5.87. The number of rotatable bonds is 4. The number of methoxy groups -OCH3 is 1. The van der Waals surface area contributed by atoms with E-state index in [9.17, 15) is 9.59 Å². The molecule has 2 saturated heterocycles. The number of imidazole rings is 1. The van der Waals surface area contributed by atoms with Crippen LogP contribution in [0.5, 0.6) is 0 Å². The van der Waals surface area contributed by atoms with Crippen LogP contribution < -0.4 is 4.90 Å². The second-order valence-corrected chi connectivity index (χ2v) is 12.8. The molecule has 0 saturated carbocycles. The molecule has 13 heteroatoms. The summed E-state index contributed by atoms with van der Waals surface area (Å²) in [6.07, 6.45) is 1.93. The predicted octanol–water partition coefficient (Wildman–Crippen LogP) is 5.00. The fourth-order valence-electron chi connectivity index (χ4n) is 5.38. The first-order valence-electron chi connectivity index (χ1n) is 13.1. The molecule has 40 heavy (non-hydrogen) atoms. The average molecular weight is 640 g/mol. The van der Waals surface area contributed by atoms with Gasteiger partial charge in [0.1, 0.15) is 22.7 Å². The van der Waals surface area contributed by atoms with Crippen LogP contribution in [0.2, 0.25) is 5.02 Å². The third kappa shape index (κ3) is 5.09. The van der Waals surface area contributed by atoms with Crippen molar-refractivity contribution in [2.75, 3.05) is 45.7 Å². The molecule has 2 aromatic heterocycles. The van der Waals surface area contributed by atoms with Crippen molar-refractivity contribution < 1.29 is 23.5 Å². The number of likely N-dealkylation sites (tertiary alicyclic amines) is 1. The van der Waals surface area contributed by atoms with Crippen LogP contribution in [-0.4, -0.2) is 94.9 Å². The van der Waals surface area contributed by atoms with Gasteiger partial charge in [-0.05, 0) is 69.7 Å². The number of carbonyl (C=O) groups excluding carboxylic acids is 2. The smallest absolute Gasteiger partial charge is 0.411 e. The Morgan fingerprint density at radius 3 is 2.55 bits per heavy atom. The van der Waals surface area contributed by atoms with Crippen LogP contribution in [0.25, 0.3) is 21.9 Å². The van der Waals surface area contributed by atoms with Crippen molar-refractivity contribution in [3.05, 3.63) is 27.7 Å². The second-order valence-electron chi connectivity index (χ2n) is 11.6. The van der Waals surface area contributed by atoms with E-state index in [-0.39, 0.29) is 34.0 Å². The van der Waals surface area contributed by atoms with Gasteiger partial charge in [0.25, 0.3) is 0 Å². The second kappa shape index (κ2) is 10.6. The van der Waals surface area contributed by atoms with Crippen LogP contribution in [0.15, 0.2) is 16.9 Å². The monoisotopic (exact) mass is 638 g/mol. The third-order valence-corrected chi connectivity index (χ3v) is 8.88. The number of amides is 1. The summed E-state index contributed by atoms with van der Waals surface area (Å²) < 4.78 is 28.3. The lowest BCUT2D eigenvalue weighted by molar-refractivity contribution is -0.148. The van der Waals surface area contributed by atoms with Crippen LogP contribution in [-0.2, 0) is 14.3 Å². The quantitative estimate of drug-likeness (QED) is 0.291. The van der Waals surface area contributed by atoms with Crippen molar-refractivity contribution in [3.8, 4) is 0 Å². The molecule has 0 bridgehead atoms. The molecule has 0 N–H and O–H groups in total. The number of esters is 1. The predicted molar refractivity (Wildman–Crippen MR) is 154 cm³/mol. The summed E-state index contributed by atoms with van der Waals surface area (Å²) in [5, 5.41) is 0.744. The van der Waals surface area contributed by atoms with Crippen LogP contribution in [0.4, 0.5) is 15.0 Å². The zero-order valence-corrected chi connectivity index (χ0v) is 25.7. The number of pyridine rings is 1. The van der Waals surface area contributed by atoms with Gasteiger partial charge in [0.15, 0.2) is 11.6 Å². The van der Waals surface area contributed by atoms with Crippen molar-refractivity contribution in [1.82, 2.24) is 24.3 Å². The molecule has 216 valence electrons. The largest absolute Gasteiger partial charge is 0.467 e. The van der Waals surface area contributed by atoms with Gasteiger partial charge in [-0.3, -0.25) is 4.90 Å². The number of hydrogen-bond acceptors (Lipinski definition) is 8. The Kier molecular flexibility index (Phi) is 7.64. The van der Waals surface area contributed by atoms with Crippen molar-refractivity contribution in [1.29, 1.82) is 0 Å². The molecule has 4 heterocycles. The van der Waals surface area contributed by atoms with Crippen LogP contribution in [0, 0.1) is 5.82 Å². The Morgan fingerprint density at radius 2 is 1.93 bits per heavy atom. The van der Waals surface area contributed by atoms with Gasteiger partial charge < -0.3 is 23.8 Å². The first kappa shape index (κ1) is 28.8. The minimum atomic E-state index is -0.852. The van der Waals surface area contributed by atoms with E-state index < -0.39 is 29.5 Å². The third-order valence-electron chi connectivity index (χ3n) is 7.58. The fraction of sp³-hybridized carbons (Fsp3) is 0.556. The highest BCUT2D eigenvalue weighted by molar-refractivity contribution is 9.10. The van der Waals surface area contributed by atoms with Gasteiger partial charge in [-0.15, -0.1) is 0 Å². The summed E-state index contributed by atoms with van der Waals surface area (Å²) in [5.74, 6) is -0.473. The lowest BCUT2D eigenvalue weighted by atomic mass is 9.96. The highest BCUT2D eigenvalue weighted by Gasteiger charge is 2.40. The number of piperidine rings is 1. The molecule has 0 aliphatic carbocycles. The Balaban J connectivity index is 1.59. The Labute approximate surface area is 245 Å². The number of likely N-dealkylation sites (N-methyl/N-ethyl adjacent to an activating group) is 1. The first-order valence-corrected chi connectivity index (χ1v) is 14.3. The molecule has 5 rings (SSSR count). The number of halogens is 3. The van der Waals surface area contributed by atoms with Gasteiger partial charge in [-0.25, -0.2) is 23.9 Å². The Hall–Kier alpha value is -2.70. The topological polar surface area (TPSA) is 93.0 Å². The van der Waals surface area contributed by atoms with Crippen molar-refractivity contribution in [2.45, 2.75) is 57.3 Å². The van der Waals surface area contributed by atoms with Gasteiger partial charge in [0.05, 0.1) is 28.4 Å². The lowest BCUT2D eigenvalue weighted by Gasteiger charge is -2.43. The van der Waals surface area contributed by atoms with E-state index in [1.807, 2.05) is 18.7 Å². The van der Waals surface area contributed by atoms with E-state index in [0.717, 1.165) is 13.1 Å². The summed E-state index contributed by atoms with van der Waals surface area (Å²) in [5.41, 5.74) is 0.787. The number of hydrogen-bond donors (Lipinski definition) is 0. The van der Waals surface area contributed by atoms with E-state index in [4.69, 9.17) is 31.0 Å². The minimum absolute atomic E-state index is 0.150. The van der Waals surface area contributed by atoms with Gasteiger partial charge in [-0.2, -0.15) is 0 Å². The summed E-state index contributed by atoms with van der Waals surface area (Å²) in [4.78, 5) is 40.9. The molecule has 1 amide bonds. The molecule has 0 unspecified atom stereocenters. The zero-order valence-electron chi connectivity index (χ0n) is 23.4. The summed E-state index contributed by atoms with van der Waals surface area (Å²) in [6, 6.07) is 0.958. The number of nitrogens with zero attached hydrogens (tertiary/aromatic N) is 6. The SMILES string of the molecule is COC(=O)[C@@H]1C[C@@H](n2cnc3c(N4CC(N(C)C)C4)nc4c(F)c(Br)c(Cl)cc4c32)CCN1C(=O)OC(C)(C)C. The van der Waals surface area contributed by atoms with E-state index in [1.165, 1.54) is 12.0 Å². The van der Waals surface area contributed by atoms with Gasteiger partial charge in [0.2, 0.25) is 0 Å². The first-order chi connectivity index (χ1) is 18.8. The number of anilines is 1. The molecule has 0 radical (unpaired) electrons. The van der Waals surface area contributed by atoms with Crippen molar-refractivity contribution in [3.63, 3.8) is 0 Å². The molecule has 2 aliphatic heterocycles. The van der Waals surface area contributed by atoms with E-state index in [1.54, 1.807) is 33.2 Å². The lowest BCUT2D eigenvalue weighted by Crippen LogP contribution is -2.57.